The van der Waals surface area contributed by atoms with Crippen LogP contribution in [-0.2, 0) is 19.1 Å². The number of carboxylic acid groups (broad SMARTS) is 1. The van der Waals surface area contributed by atoms with Crippen molar-refractivity contribution in [2.24, 2.45) is 62.1 Å². The fraction of sp³-hybridized carbons (Fsp3) is 0.878. The third-order valence-corrected chi connectivity index (χ3v) is 16.6. The van der Waals surface area contributed by atoms with Crippen molar-refractivity contribution in [1.29, 1.82) is 0 Å². The summed E-state index contributed by atoms with van der Waals surface area (Å²) in [7, 11) is 0. The average Bonchev–Trinajstić information content (AvgIpc) is 3.64. The third kappa shape index (κ3) is 5.26. The molecule has 0 radical (unpaired) electrons. The molecule has 264 valence electrons. The number of likely N-dealkylation sites (tertiary alicyclic amines) is 1. The number of amides is 1. The number of hydrogen-bond acceptors (Lipinski definition) is 4. The lowest BCUT2D eigenvalue weighted by Gasteiger charge is -2.73. The molecule has 6 heteroatoms. The van der Waals surface area contributed by atoms with E-state index in [-0.39, 0.29) is 45.6 Å². The first-order chi connectivity index (χ1) is 21.8. The van der Waals surface area contributed by atoms with E-state index in [0.717, 1.165) is 51.6 Å². The predicted octanol–water partition coefficient (Wildman–Crippen LogP) is 9.07. The summed E-state index contributed by atoms with van der Waals surface area (Å²) in [5.41, 5.74) is 0.756. The van der Waals surface area contributed by atoms with Crippen LogP contribution in [-0.4, -0.2) is 47.0 Å². The molecule has 47 heavy (non-hydrogen) atoms. The second-order valence-electron chi connectivity index (χ2n) is 19.5. The van der Waals surface area contributed by atoms with Crippen molar-refractivity contribution >= 4 is 17.8 Å². The van der Waals surface area contributed by atoms with Gasteiger partial charge in [-0.2, -0.15) is 0 Å². The first-order valence-corrected chi connectivity index (χ1v) is 19.2. The highest BCUT2D eigenvalue weighted by Gasteiger charge is 2.71. The van der Waals surface area contributed by atoms with Crippen LogP contribution >= 0.6 is 0 Å². The van der Waals surface area contributed by atoms with Crippen molar-refractivity contribution in [1.82, 2.24) is 4.90 Å². The molecule has 1 N–H and O–H groups in total. The summed E-state index contributed by atoms with van der Waals surface area (Å²) < 4.78 is 6.17. The minimum Gasteiger partial charge on any atom is -0.481 e. The van der Waals surface area contributed by atoms with E-state index in [1.165, 1.54) is 50.5 Å². The van der Waals surface area contributed by atoms with Crippen LogP contribution in [0.1, 0.15) is 145 Å². The minimum absolute atomic E-state index is 0.102. The Hall–Kier alpha value is -1.85. The molecule has 6 fully saturated rings. The van der Waals surface area contributed by atoms with Crippen molar-refractivity contribution in [3.05, 3.63) is 12.2 Å². The Labute approximate surface area is 285 Å². The molecule has 6 nitrogen and oxygen atoms in total. The number of carbonyl (C=O) groups is 3. The highest BCUT2D eigenvalue weighted by molar-refractivity contribution is 5.81. The summed E-state index contributed by atoms with van der Waals surface area (Å²) in [5, 5.41) is 9.58. The Kier molecular flexibility index (Phi) is 8.64. The fourth-order valence-corrected chi connectivity index (χ4v) is 13.8. The fourth-order valence-electron chi connectivity index (χ4n) is 13.8. The molecule has 0 aromatic carbocycles. The van der Waals surface area contributed by atoms with Crippen molar-refractivity contribution in [2.75, 3.05) is 13.1 Å². The summed E-state index contributed by atoms with van der Waals surface area (Å²) in [6, 6.07) is 0. The van der Waals surface area contributed by atoms with Gasteiger partial charge in [0.1, 0.15) is 6.10 Å². The van der Waals surface area contributed by atoms with E-state index in [4.69, 9.17) is 4.74 Å². The van der Waals surface area contributed by atoms with Crippen LogP contribution in [0, 0.1) is 62.1 Å². The summed E-state index contributed by atoms with van der Waals surface area (Å²) >= 11 is 0. The highest BCUT2D eigenvalue weighted by Crippen LogP contribution is 2.78. The molecule has 6 aliphatic rings. The van der Waals surface area contributed by atoms with Gasteiger partial charge in [-0.25, -0.2) is 0 Å². The molecule has 0 aromatic rings. The molecular formula is C41H65NO5. The Morgan fingerprint density at radius 2 is 1.53 bits per heavy atom. The maximum absolute atomic E-state index is 13.8. The molecule has 5 saturated carbocycles. The Morgan fingerprint density at radius 1 is 0.851 bits per heavy atom. The molecule has 10 atom stereocenters. The smallest absolute Gasteiger partial charge is 0.309 e. The zero-order valence-corrected chi connectivity index (χ0v) is 31.0. The Balaban J connectivity index is 1.25. The van der Waals surface area contributed by atoms with Crippen LogP contribution in [0.25, 0.3) is 0 Å². The largest absolute Gasteiger partial charge is 0.481 e. The van der Waals surface area contributed by atoms with Gasteiger partial charge in [-0.05, 0) is 149 Å². The zero-order valence-electron chi connectivity index (χ0n) is 31.0. The van der Waals surface area contributed by atoms with E-state index in [1.807, 2.05) is 0 Å². The van der Waals surface area contributed by atoms with Gasteiger partial charge in [0.15, 0.2) is 0 Å². The number of carboxylic acids is 1. The van der Waals surface area contributed by atoms with Crippen molar-refractivity contribution < 1.29 is 24.2 Å². The lowest BCUT2D eigenvalue weighted by Crippen LogP contribution is -2.67. The molecule has 0 bridgehead atoms. The maximum Gasteiger partial charge on any atom is 0.309 e. The molecular weight excluding hydrogens is 586 g/mol. The van der Waals surface area contributed by atoms with Crippen LogP contribution in [0.4, 0.5) is 0 Å². The number of allylic oxidation sites excluding steroid dienone is 1. The lowest BCUT2D eigenvalue weighted by molar-refractivity contribution is -0.250. The lowest BCUT2D eigenvalue weighted by atomic mass is 9.32. The highest BCUT2D eigenvalue weighted by atomic mass is 16.5. The van der Waals surface area contributed by atoms with Crippen molar-refractivity contribution in [3.8, 4) is 0 Å². The van der Waals surface area contributed by atoms with E-state index in [1.54, 1.807) is 13.8 Å². The van der Waals surface area contributed by atoms with Crippen LogP contribution in [0.3, 0.4) is 0 Å². The van der Waals surface area contributed by atoms with E-state index in [0.29, 0.717) is 35.5 Å². The molecule has 1 unspecified atom stereocenters. The molecule has 1 heterocycles. The quantitative estimate of drug-likeness (QED) is 0.219. The molecule has 6 rings (SSSR count). The monoisotopic (exact) mass is 651 g/mol. The van der Waals surface area contributed by atoms with Crippen LogP contribution in [0.5, 0.6) is 0 Å². The van der Waals surface area contributed by atoms with Gasteiger partial charge in [0.25, 0.3) is 0 Å². The van der Waals surface area contributed by atoms with Gasteiger partial charge < -0.3 is 14.7 Å². The van der Waals surface area contributed by atoms with Gasteiger partial charge in [-0.3, -0.25) is 14.4 Å². The number of rotatable bonds is 7. The number of carbonyl (C=O) groups excluding carboxylic acids is 2. The molecule has 0 aromatic heterocycles. The van der Waals surface area contributed by atoms with Crippen molar-refractivity contribution in [3.63, 3.8) is 0 Å². The number of ether oxygens (including phenoxy) is 1. The Bertz CT molecular complexity index is 1300. The second-order valence-corrected chi connectivity index (χ2v) is 19.5. The number of nitrogens with zero attached hydrogens (tertiary/aromatic N) is 1. The van der Waals surface area contributed by atoms with E-state index in [2.05, 4.69) is 53.0 Å². The van der Waals surface area contributed by atoms with Gasteiger partial charge in [0, 0.05) is 24.9 Å². The summed E-state index contributed by atoms with van der Waals surface area (Å²) in [6.45, 7) is 24.4. The number of fused-ring (bicyclic) bond motifs is 7. The van der Waals surface area contributed by atoms with E-state index in [9.17, 15) is 19.5 Å². The van der Waals surface area contributed by atoms with Gasteiger partial charge in [0.2, 0.25) is 5.91 Å². The van der Waals surface area contributed by atoms with Gasteiger partial charge in [-0.1, -0.05) is 46.8 Å². The Morgan fingerprint density at radius 3 is 2.17 bits per heavy atom. The van der Waals surface area contributed by atoms with E-state index < -0.39 is 11.4 Å². The van der Waals surface area contributed by atoms with Crippen LogP contribution in [0.2, 0.25) is 0 Å². The third-order valence-electron chi connectivity index (χ3n) is 16.6. The topological polar surface area (TPSA) is 83.9 Å². The van der Waals surface area contributed by atoms with Crippen molar-refractivity contribution in [2.45, 2.75) is 151 Å². The standard InChI is InChI=1S/C41H65NO5/c1-26(2)27-14-19-41(24-32(43)42-22-10-11-23-42)21-20-39(8)28(34(27)41)12-13-30-38(7)17-16-31(47-33(44)25-36(3,4)35(45)46)37(5,6)29(38)15-18-40(30,39)9/h27-31,34H,1,10-25H2,2-9H3,(H,45,46)/t27-,28+,29-,30+,31-,34+,38-,39+,40?,41+/m0/s1. The van der Waals surface area contributed by atoms with Crippen LogP contribution in [0.15, 0.2) is 12.2 Å². The zero-order chi connectivity index (χ0) is 34.4. The summed E-state index contributed by atoms with van der Waals surface area (Å²) in [4.78, 5) is 40.7. The minimum atomic E-state index is -1.13. The molecule has 1 saturated heterocycles. The SMILES string of the molecule is C=C(C)[C@@H]1CC[C@]2(CC(=O)N3CCCC3)CC[C@]3(C)[C@H](CC[C@H]4C3(C)CC[C@H]3C(C)(C)[C@@H](OC(=O)CC(C)(C)C(=O)O)CC[C@@]34C)[C@@H]12. The number of esters is 1. The normalized spacial score (nSPS) is 44.0. The number of aliphatic carboxylic acids is 1. The summed E-state index contributed by atoms with van der Waals surface area (Å²) in [6.07, 6.45) is 14.2. The predicted molar refractivity (Wildman–Crippen MR) is 185 cm³/mol. The molecule has 1 amide bonds. The first kappa shape index (κ1) is 35.0. The van der Waals surface area contributed by atoms with Crippen LogP contribution < -0.4 is 0 Å². The maximum atomic E-state index is 13.8. The molecule has 5 aliphatic carbocycles. The summed E-state index contributed by atoms with van der Waals surface area (Å²) in [5.74, 6) is 1.82. The number of hydrogen-bond donors (Lipinski definition) is 1. The van der Waals surface area contributed by atoms with Gasteiger partial charge in [-0.15, -0.1) is 0 Å². The van der Waals surface area contributed by atoms with Gasteiger partial charge >= 0.3 is 11.9 Å². The molecule has 0 spiro atoms. The van der Waals surface area contributed by atoms with Gasteiger partial charge in [0.05, 0.1) is 11.8 Å². The molecule has 1 aliphatic heterocycles. The first-order valence-electron chi connectivity index (χ1n) is 19.2. The second kappa shape index (κ2) is 11.6. The average molecular weight is 652 g/mol. The van der Waals surface area contributed by atoms with E-state index >= 15 is 0 Å².